The highest BCUT2D eigenvalue weighted by Crippen LogP contribution is 2.37. The number of carbonyl (C=O) groups excluding carboxylic acids is 1. The van der Waals surface area contributed by atoms with E-state index in [2.05, 4.69) is 24.5 Å². The van der Waals surface area contributed by atoms with Gasteiger partial charge in [-0.2, -0.15) is 5.26 Å². The van der Waals surface area contributed by atoms with Crippen molar-refractivity contribution in [2.24, 2.45) is 0 Å². The van der Waals surface area contributed by atoms with Crippen molar-refractivity contribution < 1.29 is 14.6 Å². The van der Waals surface area contributed by atoms with Gasteiger partial charge in [-0.1, -0.05) is 26.0 Å². The highest BCUT2D eigenvalue weighted by Gasteiger charge is 2.13. The Hall–Kier alpha value is -4.18. The van der Waals surface area contributed by atoms with Gasteiger partial charge in [0.05, 0.1) is 23.0 Å². The fraction of sp³-hybridized carbons (Fsp3) is 0.167. The standard InChI is InChI=1S/C24H24N4O3/c1-3-15(2)17-6-10-19(11-7-17)31-23-13-21(22(29)12-20(23)26)28-24(30)27-18-8-4-16(14-25)5-9-18/h4-13,15,29H,3,26H2,1-2H3,(H2,27,28,30). The van der Waals surface area contributed by atoms with Crippen molar-refractivity contribution in [3.05, 3.63) is 71.8 Å². The van der Waals surface area contributed by atoms with E-state index in [0.29, 0.717) is 28.7 Å². The average molecular weight is 416 g/mol. The molecule has 0 saturated heterocycles. The highest BCUT2D eigenvalue weighted by molar-refractivity contribution is 6.01. The number of hydrogen-bond acceptors (Lipinski definition) is 5. The Labute approximate surface area is 181 Å². The maximum Gasteiger partial charge on any atom is 0.323 e. The smallest absolute Gasteiger partial charge is 0.323 e. The number of nitriles is 1. The summed E-state index contributed by atoms with van der Waals surface area (Å²) < 4.78 is 5.86. The first kappa shape index (κ1) is 21.5. The minimum atomic E-state index is -0.561. The predicted octanol–water partition coefficient (Wildman–Crippen LogP) is 5.80. The van der Waals surface area contributed by atoms with E-state index in [1.54, 1.807) is 24.3 Å². The van der Waals surface area contributed by atoms with Crippen LogP contribution in [-0.2, 0) is 0 Å². The molecule has 5 N–H and O–H groups in total. The second-order valence-electron chi connectivity index (χ2n) is 7.16. The number of phenolic OH excluding ortho intramolecular Hbond substituents is 1. The minimum absolute atomic E-state index is 0.145. The molecular weight excluding hydrogens is 392 g/mol. The number of nitrogens with one attached hydrogen (secondary N) is 2. The zero-order chi connectivity index (χ0) is 22.4. The summed E-state index contributed by atoms with van der Waals surface area (Å²) in [5.74, 6) is 1.17. The summed E-state index contributed by atoms with van der Waals surface area (Å²) in [4.78, 5) is 12.3. The summed E-state index contributed by atoms with van der Waals surface area (Å²) in [5, 5.41) is 24.2. The van der Waals surface area contributed by atoms with Gasteiger partial charge < -0.3 is 26.2 Å². The molecule has 7 heteroatoms. The van der Waals surface area contributed by atoms with E-state index in [0.717, 1.165) is 6.42 Å². The lowest BCUT2D eigenvalue weighted by atomic mass is 9.99. The van der Waals surface area contributed by atoms with E-state index in [9.17, 15) is 9.90 Å². The summed E-state index contributed by atoms with van der Waals surface area (Å²) in [7, 11) is 0. The SMILES string of the molecule is CCC(C)c1ccc(Oc2cc(NC(=O)Nc3ccc(C#N)cc3)c(O)cc2N)cc1. The third-order valence-corrected chi connectivity index (χ3v) is 4.94. The molecule has 0 aliphatic rings. The molecule has 0 radical (unpaired) electrons. The number of phenols is 1. The van der Waals surface area contributed by atoms with Crippen LogP contribution in [0.25, 0.3) is 0 Å². The summed E-state index contributed by atoms with van der Waals surface area (Å²) in [5.41, 5.74) is 8.57. The van der Waals surface area contributed by atoms with Gasteiger partial charge in [0.15, 0.2) is 5.75 Å². The van der Waals surface area contributed by atoms with E-state index >= 15 is 0 Å². The van der Waals surface area contributed by atoms with Gasteiger partial charge >= 0.3 is 6.03 Å². The van der Waals surface area contributed by atoms with Crippen molar-refractivity contribution in [3.8, 4) is 23.3 Å². The molecule has 158 valence electrons. The number of nitrogens with two attached hydrogens (primary N) is 1. The van der Waals surface area contributed by atoms with E-state index in [4.69, 9.17) is 15.7 Å². The zero-order valence-electron chi connectivity index (χ0n) is 17.3. The molecular formula is C24H24N4O3. The second kappa shape index (κ2) is 9.55. The summed E-state index contributed by atoms with van der Waals surface area (Å²) in [6.07, 6.45) is 1.05. The number of rotatable bonds is 6. The molecule has 1 atom stereocenters. The van der Waals surface area contributed by atoms with Crippen LogP contribution in [0, 0.1) is 11.3 Å². The minimum Gasteiger partial charge on any atom is -0.506 e. The van der Waals surface area contributed by atoms with Crippen molar-refractivity contribution in [1.29, 1.82) is 5.26 Å². The van der Waals surface area contributed by atoms with Crippen molar-refractivity contribution in [2.45, 2.75) is 26.2 Å². The number of ether oxygens (including phenoxy) is 1. The lowest BCUT2D eigenvalue weighted by molar-refractivity contribution is 0.262. The Morgan fingerprint density at radius 1 is 1.13 bits per heavy atom. The Kier molecular flexibility index (Phi) is 6.63. The Morgan fingerprint density at radius 3 is 2.42 bits per heavy atom. The van der Waals surface area contributed by atoms with Gasteiger partial charge in [0, 0.05) is 17.8 Å². The largest absolute Gasteiger partial charge is 0.506 e. The van der Waals surface area contributed by atoms with Crippen molar-refractivity contribution >= 4 is 23.1 Å². The normalized spacial score (nSPS) is 11.3. The molecule has 2 amide bonds. The van der Waals surface area contributed by atoms with Gasteiger partial charge in [-0.3, -0.25) is 0 Å². The third-order valence-electron chi connectivity index (χ3n) is 4.94. The number of hydrogen-bond donors (Lipinski definition) is 4. The molecule has 7 nitrogen and oxygen atoms in total. The maximum atomic E-state index is 12.3. The molecule has 0 aliphatic heterocycles. The molecule has 0 spiro atoms. The van der Waals surface area contributed by atoms with Gasteiger partial charge in [0.1, 0.15) is 11.5 Å². The predicted molar refractivity (Wildman–Crippen MR) is 122 cm³/mol. The lowest BCUT2D eigenvalue weighted by Gasteiger charge is -2.14. The fourth-order valence-corrected chi connectivity index (χ4v) is 2.91. The highest BCUT2D eigenvalue weighted by atomic mass is 16.5. The van der Waals surface area contributed by atoms with Gasteiger partial charge in [0.25, 0.3) is 0 Å². The molecule has 0 heterocycles. The second-order valence-corrected chi connectivity index (χ2v) is 7.16. The zero-order valence-corrected chi connectivity index (χ0v) is 17.3. The number of benzene rings is 3. The quantitative estimate of drug-likeness (QED) is 0.299. The first-order valence-electron chi connectivity index (χ1n) is 9.88. The number of amides is 2. The topological polar surface area (TPSA) is 120 Å². The third kappa shape index (κ3) is 5.46. The van der Waals surface area contributed by atoms with Crippen LogP contribution >= 0.6 is 0 Å². The monoisotopic (exact) mass is 416 g/mol. The molecule has 0 fully saturated rings. The van der Waals surface area contributed by atoms with E-state index in [-0.39, 0.29) is 17.1 Å². The van der Waals surface area contributed by atoms with Crippen LogP contribution < -0.4 is 21.1 Å². The van der Waals surface area contributed by atoms with E-state index in [1.807, 2.05) is 30.3 Å². The number of nitrogens with zero attached hydrogens (tertiary/aromatic N) is 1. The summed E-state index contributed by atoms with van der Waals surface area (Å²) in [6.45, 7) is 4.30. The number of carbonyl (C=O) groups is 1. The van der Waals surface area contributed by atoms with E-state index in [1.165, 1.54) is 17.7 Å². The molecule has 0 saturated carbocycles. The molecule has 1 unspecified atom stereocenters. The van der Waals surface area contributed by atoms with Crippen LogP contribution in [0.3, 0.4) is 0 Å². The number of anilines is 3. The molecule has 3 aromatic rings. The first-order valence-corrected chi connectivity index (χ1v) is 9.88. The van der Waals surface area contributed by atoms with E-state index < -0.39 is 6.03 Å². The maximum absolute atomic E-state index is 12.3. The first-order chi connectivity index (χ1) is 14.9. The molecule has 3 rings (SSSR count). The van der Waals surface area contributed by atoms with Gasteiger partial charge in [-0.25, -0.2) is 4.79 Å². The van der Waals surface area contributed by atoms with Gasteiger partial charge in [-0.15, -0.1) is 0 Å². The van der Waals surface area contributed by atoms with Crippen molar-refractivity contribution in [1.82, 2.24) is 0 Å². The molecule has 31 heavy (non-hydrogen) atoms. The van der Waals surface area contributed by atoms with Crippen LogP contribution in [0.15, 0.2) is 60.7 Å². The number of urea groups is 1. The fourth-order valence-electron chi connectivity index (χ4n) is 2.91. The Morgan fingerprint density at radius 2 is 1.81 bits per heavy atom. The molecule has 0 bridgehead atoms. The van der Waals surface area contributed by atoms with Crippen LogP contribution in [0.2, 0.25) is 0 Å². The Balaban J connectivity index is 1.72. The van der Waals surface area contributed by atoms with Gasteiger partial charge in [-0.05, 0) is 54.3 Å². The number of nitrogen functional groups attached to an aromatic ring is 1. The van der Waals surface area contributed by atoms with Crippen LogP contribution in [0.1, 0.15) is 37.3 Å². The summed E-state index contributed by atoms with van der Waals surface area (Å²) >= 11 is 0. The average Bonchev–Trinajstić information content (AvgIpc) is 2.77. The summed E-state index contributed by atoms with van der Waals surface area (Å²) in [6, 6.07) is 18.4. The lowest BCUT2D eigenvalue weighted by Crippen LogP contribution is -2.19. The molecule has 0 aliphatic carbocycles. The number of aromatic hydroxyl groups is 1. The van der Waals surface area contributed by atoms with Crippen LogP contribution in [-0.4, -0.2) is 11.1 Å². The van der Waals surface area contributed by atoms with Crippen LogP contribution in [0.5, 0.6) is 17.2 Å². The van der Waals surface area contributed by atoms with Gasteiger partial charge in [0.2, 0.25) is 0 Å². The Bertz CT molecular complexity index is 1100. The molecule has 3 aromatic carbocycles. The van der Waals surface area contributed by atoms with Crippen LogP contribution in [0.4, 0.5) is 21.9 Å². The van der Waals surface area contributed by atoms with Crippen molar-refractivity contribution in [2.75, 3.05) is 16.4 Å². The van der Waals surface area contributed by atoms with Crippen molar-refractivity contribution in [3.63, 3.8) is 0 Å². The molecule has 0 aromatic heterocycles.